The summed E-state index contributed by atoms with van der Waals surface area (Å²) in [4.78, 5) is 51.9. The first-order valence-electron chi connectivity index (χ1n) is 15.1. The number of aryl methyl sites for hydroxylation is 1. The molecule has 3 aromatic carbocycles. The van der Waals surface area contributed by atoms with Crippen LogP contribution in [-0.2, 0) is 15.8 Å². The molecule has 0 radical (unpaired) electrons. The normalized spacial score (nSPS) is 13.0. The van der Waals surface area contributed by atoms with Crippen LogP contribution in [0.2, 0.25) is 0 Å². The standard InChI is InChI=1S/C34H44N3O5P/c1-4-21-37(22-5-2)34(40)29-18-13-17-28(25-29)33(39)36-32(24-27-15-7-6-8-16-27)43(41,42)23-12-11-20-31(38)35-30-19-10-9-14-26(30)3/h6-10,13-19,25,32H,4-5,11-12,20-24H2,1-3H3,(H,35,38)(H,36,39)(H,41,42). The molecule has 9 heteroatoms. The molecule has 0 spiro atoms. The van der Waals surface area contributed by atoms with Crippen molar-refractivity contribution >= 4 is 30.8 Å². The van der Waals surface area contributed by atoms with Gasteiger partial charge in [-0.3, -0.25) is 18.9 Å². The molecule has 3 rings (SSSR count). The molecule has 0 heterocycles. The van der Waals surface area contributed by atoms with Crippen molar-refractivity contribution in [3.05, 3.63) is 101 Å². The van der Waals surface area contributed by atoms with Crippen LogP contribution >= 0.6 is 7.37 Å². The average molecular weight is 606 g/mol. The Hall–Kier alpha value is -3.74. The number of amides is 3. The number of carbonyl (C=O) groups excluding carboxylic acids is 3. The lowest BCUT2D eigenvalue weighted by molar-refractivity contribution is -0.116. The molecule has 2 atom stereocenters. The van der Waals surface area contributed by atoms with Crippen molar-refractivity contribution in [2.75, 3.05) is 24.6 Å². The first-order chi connectivity index (χ1) is 20.6. The summed E-state index contributed by atoms with van der Waals surface area (Å²) in [6.45, 7) is 7.20. The van der Waals surface area contributed by atoms with E-state index in [-0.39, 0.29) is 36.4 Å². The number of rotatable bonds is 16. The van der Waals surface area contributed by atoms with E-state index in [1.54, 1.807) is 29.2 Å². The molecule has 0 bridgehead atoms. The van der Waals surface area contributed by atoms with Crippen LogP contribution in [0.25, 0.3) is 0 Å². The van der Waals surface area contributed by atoms with Gasteiger partial charge in [-0.2, -0.15) is 0 Å². The lowest BCUT2D eigenvalue weighted by Gasteiger charge is -2.25. The molecular formula is C34H44N3O5P. The lowest BCUT2D eigenvalue weighted by atomic mass is 10.1. The van der Waals surface area contributed by atoms with Gasteiger partial charge in [0, 0.05) is 48.9 Å². The molecule has 0 saturated carbocycles. The van der Waals surface area contributed by atoms with Gasteiger partial charge in [-0.15, -0.1) is 0 Å². The fourth-order valence-electron chi connectivity index (χ4n) is 4.90. The van der Waals surface area contributed by atoms with Gasteiger partial charge in [0.15, 0.2) is 0 Å². The van der Waals surface area contributed by atoms with Gasteiger partial charge in [0.05, 0.1) is 0 Å². The minimum absolute atomic E-state index is 0.0378. The molecule has 8 nitrogen and oxygen atoms in total. The minimum atomic E-state index is -3.88. The highest BCUT2D eigenvalue weighted by Crippen LogP contribution is 2.47. The SMILES string of the molecule is CCCN(CCC)C(=O)c1cccc(C(=O)NC(Cc2ccccc2)P(=O)(O)CCCCC(=O)Nc2ccccc2C)c1. The third kappa shape index (κ3) is 10.5. The Morgan fingerprint density at radius 2 is 1.51 bits per heavy atom. The van der Waals surface area contributed by atoms with Gasteiger partial charge in [0.1, 0.15) is 5.78 Å². The fraction of sp³-hybridized carbons (Fsp3) is 0.382. The lowest BCUT2D eigenvalue weighted by Crippen LogP contribution is -2.37. The predicted octanol–water partition coefficient (Wildman–Crippen LogP) is 6.64. The Bertz CT molecular complexity index is 1410. The predicted molar refractivity (Wildman–Crippen MR) is 173 cm³/mol. The zero-order valence-electron chi connectivity index (χ0n) is 25.4. The summed E-state index contributed by atoms with van der Waals surface area (Å²) in [6, 6.07) is 23.3. The Balaban J connectivity index is 1.68. The summed E-state index contributed by atoms with van der Waals surface area (Å²) in [5, 5.41) is 5.69. The first-order valence-corrected chi connectivity index (χ1v) is 17.0. The Labute approximate surface area is 255 Å². The number of carbonyl (C=O) groups is 3. The smallest absolute Gasteiger partial charge is 0.253 e. The summed E-state index contributed by atoms with van der Waals surface area (Å²) in [5.74, 6) is -1.83. The number of anilines is 1. The summed E-state index contributed by atoms with van der Waals surface area (Å²) < 4.78 is 13.7. The van der Waals surface area contributed by atoms with Crippen molar-refractivity contribution in [2.45, 2.75) is 65.1 Å². The quantitative estimate of drug-likeness (QED) is 0.125. The molecule has 3 N–H and O–H groups in total. The van der Waals surface area contributed by atoms with Crippen LogP contribution in [0.15, 0.2) is 78.9 Å². The topological polar surface area (TPSA) is 116 Å². The van der Waals surface area contributed by atoms with Crippen LogP contribution < -0.4 is 10.6 Å². The highest BCUT2D eigenvalue weighted by atomic mass is 31.2. The molecular weight excluding hydrogens is 561 g/mol. The molecule has 0 aliphatic heterocycles. The molecule has 3 amide bonds. The second-order valence-corrected chi connectivity index (χ2v) is 13.4. The first kappa shape index (κ1) is 33.8. The van der Waals surface area contributed by atoms with Crippen LogP contribution in [0.3, 0.4) is 0 Å². The van der Waals surface area contributed by atoms with Crippen LogP contribution in [0.1, 0.15) is 77.8 Å². The molecule has 43 heavy (non-hydrogen) atoms. The summed E-state index contributed by atoms with van der Waals surface area (Å²) in [5.41, 5.74) is 3.19. The molecule has 0 aromatic heterocycles. The van der Waals surface area contributed by atoms with Gasteiger partial charge in [-0.05, 0) is 68.0 Å². The number of unbranched alkanes of at least 4 members (excludes halogenated alkanes) is 1. The highest BCUT2D eigenvalue weighted by molar-refractivity contribution is 7.58. The number of hydrogen-bond donors (Lipinski definition) is 3. The van der Waals surface area contributed by atoms with E-state index in [0.717, 1.165) is 29.7 Å². The van der Waals surface area contributed by atoms with Gasteiger partial charge in [0.2, 0.25) is 13.3 Å². The Morgan fingerprint density at radius 3 is 2.19 bits per heavy atom. The maximum Gasteiger partial charge on any atom is 0.253 e. The van der Waals surface area contributed by atoms with E-state index in [1.807, 2.05) is 75.4 Å². The largest absolute Gasteiger partial charge is 0.343 e. The van der Waals surface area contributed by atoms with E-state index in [9.17, 15) is 23.8 Å². The van der Waals surface area contributed by atoms with E-state index in [1.165, 1.54) is 0 Å². The van der Waals surface area contributed by atoms with Crippen molar-refractivity contribution in [3.8, 4) is 0 Å². The highest BCUT2D eigenvalue weighted by Gasteiger charge is 2.32. The number of benzene rings is 3. The van der Waals surface area contributed by atoms with Gasteiger partial charge >= 0.3 is 0 Å². The van der Waals surface area contributed by atoms with Gasteiger partial charge in [0.25, 0.3) is 11.8 Å². The van der Waals surface area contributed by atoms with E-state index in [2.05, 4.69) is 10.6 Å². The molecule has 2 unspecified atom stereocenters. The third-order valence-electron chi connectivity index (χ3n) is 7.25. The number of nitrogens with zero attached hydrogens (tertiary/aromatic N) is 1. The minimum Gasteiger partial charge on any atom is -0.343 e. The van der Waals surface area contributed by atoms with E-state index < -0.39 is 19.1 Å². The monoisotopic (exact) mass is 605 g/mol. The number of hydrogen-bond acceptors (Lipinski definition) is 4. The van der Waals surface area contributed by atoms with Crippen LogP contribution in [0, 0.1) is 6.92 Å². The number of para-hydroxylation sites is 1. The van der Waals surface area contributed by atoms with E-state index >= 15 is 0 Å². The molecule has 230 valence electrons. The van der Waals surface area contributed by atoms with Gasteiger partial charge < -0.3 is 20.4 Å². The van der Waals surface area contributed by atoms with Crippen molar-refractivity contribution in [3.63, 3.8) is 0 Å². The number of nitrogens with one attached hydrogen (secondary N) is 2. The maximum absolute atomic E-state index is 13.7. The zero-order chi connectivity index (χ0) is 31.2. The second-order valence-electron chi connectivity index (χ2n) is 10.9. The van der Waals surface area contributed by atoms with E-state index in [0.29, 0.717) is 31.5 Å². The molecule has 3 aromatic rings. The summed E-state index contributed by atoms with van der Waals surface area (Å²) in [7, 11) is -3.88. The fourth-order valence-corrected chi connectivity index (χ4v) is 6.71. The van der Waals surface area contributed by atoms with Crippen LogP contribution in [-0.4, -0.2) is 52.5 Å². The van der Waals surface area contributed by atoms with Crippen molar-refractivity contribution < 1.29 is 23.8 Å². The molecule has 0 fully saturated rings. The van der Waals surface area contributed by atoms with Crippen LogP contribution in [0.4, 0.5) is 5.69 Å². The summed E-state index contributed by atoms with van der Waals surface area (Å²) in [6.07, 6.45) is 2.80. The summed E-state index contributed by atoms with van der Waals surface area (Å²) >= 11 is 0. The average Bonchev–Trinajstić information content (AvgIpc) is 3.00. The van der Waals surface area contributed by atoms with Gasteiger partial charge in [-0.1, -0.05) is 68.4 Å². The van der Waals surface area contributed by atoms with Crippen molar-refractivity contribution in [1.82, 2.24) is 10.2 Å². The van der Waals surface area contributed by atoms with Crippen molar-refractivity contribution in [1.29, 1.82) is 0 Å². The Kier molecular flexibility index (Phi) is 13.2. The molecule has 0 saturated heterocycles. The van der Waals surface area contributed by atoms with E-state index in [4.69, 9.17) is 0 Å². The van der Waals surface area contributed by atoms with Crippen LogP contribution in [0.5, 0.6) is 0 Å². The molecule has 0 aliphatic carbocycles. The second kappa shape index (κ2) is 16.8. The molecule has 0 aliphatic rings. The van der Waals surface area contributed by atoms with Crippen molar-refractivity contribution in [2.24, 2.45) is 0 Å². The maximum atomic E-state index is 13.7. The third-order valence-corrected chi connectivity index (χ3v) is 9.50. The Morgan fingerprint density at radius 1 is 0.860 bits per heavy atom. The zero-order valence-corrected chi connectivity index (χ0v) is 26.3. The van der Waals surface area contributed by atoms with Gasteiger partial charge in [-0.25, -0.2) is 0 Å².